The van der Waals surface area contributed by atoms with Crippen molar-refractivity contribution >= 4 is 38.9 Å². The molecule has 0 saturated carbocycles. The fraction of sp³-hybridized carbons (Fsp3) is 0.316. The Bertz CT molecular complexity index is 705. The van der Waals surface area contributed by atoms with Crippen LogP contribution in [0, 0.1) is 0 Å². The normalized spacial score (nSPS) is 14.0. The van der Waals surface area contributed by atoms with Crippen molar-refractivity contribution in [2.45, 2.75) is 19.4 Å². The molecule has 0 unspecified atom stereocenters. The van der Waals surface area contributed by atoms with Crippen LogP contribution in [0.3, 0.4) is 0 Å². The van der Waals surface area contributed by atoms with Gasteiger partial charge in [0.25, 0.3) is 0 Å². The first-order valence-electron chi connectivity index (χ1n) is 8.30. The van der Waals surface area contributed by atoms with Gasteiger partial charge in [0.1, 0.15) is 0 Å². The van der Waals surface area contributed by atoms with Gasteiger partial charge in [-0.05, 0) is 54.4 Å². The number of nitrogens with zero attached hydrogens (tertiary/aromatic N) is 1. The van der Waals surface area contributed by atoms with E-state index in [0.717, 1.165) is 49.2 Å². The minimum absolute atomic E-state index is 0.678. The summed E-state index contributed by atoms with van der Waals surface area (Å²) in [4.78, 5) is 2.52. The van der Waals surface area contributed by atoms with Crippen molar-refractivity contribution in [3.8, 4) is 0 Å². The van der Waals surface area contributed by atoms with E-state index in [0.29, 0.717) is 5.11 Å². The lowest BCUT2D eigenvalue weighted by Crippen LogP contribution is -2.34. The Morgan fingerprint density at radius 2 is 1.96 bits per heavy atom. The molecule has 2 aromatic carbocycles. The molecular formula is C19H22BrN3S. The summed E-state index contributed by atoms with van der Waals surface area (Å²) in [5.41, 5.74) is 3.98. The first-order chi connectivity index (χ1) is 11.7. The van der Waals surface area contributed by atoms with Gasteiger partial charge < -0.3 is 10.6 Å². The van der Waals surface area contributed by atoms with Crippen LogP contribution in [0.25, 0.3) is 0 Å². The zero-order chi connectivity index (χ0) is 16.8. The van der Waals surface area contributed by atoms with Crippen molar-refractivity contribution in [2.75, 3.05) is 25.0 Å². The number of anilines is 1. The Hall–Kier alpha value is -1.43. The number of hydrogen-bond acceptors (Lipinski definition) is 2. The van der Waals surface area contributed by atoms with Gasteiger partial charge in [-0.1, -0.05) is 46.3 Å². The quantitative estimate of drug-likeness (QED) is 0.578. The monoisotopic (exact) mass is 403 g/mol. The molecule has 0 aromatic heterocycles. The third kappa shape index (κ3) is 5.03. The predicted molar refractivity (Wildman–Crippen MR) is 108 cm³/mol. The standard InChI is InChI=1S/C19H22BrN3S/c20-17-7-3-8-18(13-17)22-19(24)21-10-4-11-23-12-9-15-5-1-2-6-16(15)14-23/h1-3,5-8,13H,4,9-12,14H2,(H2,21,22,24). The number of hydrogen-bond donors (Lipinski definition) is 2. The smallest absolute Gasteiger partial charge is 0.170 e. The molecule has 0 saturated heterocycles. The Balaban J connectivity index is 1.36. The Labute approximate surface area is 157 Å². The van der Waals surface area contributed by atoms with Crippen LogP contribution in [-0.2, 0) is 13.0 Å². The summed E-state index contributed by atoms with van der Waals surface area (Å²) in [5, 5.41) is 7.18. The van der Waals surface area contributed by atoms with Crippen molar-refractivity contribution in [1.82, 2.24) is 10.2 Å². The molecule has 3 nitrogen and oxygen atoms in total. The summed E-state index contributed by atoms with van der Waals surface area (Å²) in [7, 11) is 0. The average molecular weight is 404 g/mol. The van der Waals surface area contributed by atoms with Crippen LogP contribution in [0.5, 0.6) is 0 Å². The second-order valence-electron chi connectivity index (χ2n) is 6.04. The van der Waals surface area contributed by atoms with E-state index < -0.39 is 0 Å². The molecule has 126 valence electrons. The summed E-state index contributed by atoms with van der Waals surface area (Å²) < 4.78 is 1.04. The van der Waals surface area contributed by atoms with E-state index in [1.54, 1.807) is 0 Å². The lowest BCUT2D eigenvalue weighted by molar-refractivity contribution is 0.251. The molecule has 5 heteroatoms. The topological polar surface area (TPSA) is 27.3 Å². The Morgan fingerprint density at radius 1 is 1.12 bits per heavy atom. The molecule has 2 aromatic rings. The highest BCUT2D eigenvalue weighted by molar-refractivity contribution is 9.10. The summed E-state index contributed by atoms with van der Waals surface area (Å²) >= 11 is 8.81. The second kappa shape index (κ2) is 8.60. The van der Waals surface area contributed by atoms with Crippen molar-refractivity contribution in [2.24, 2.45) is 0 Å². The maximum Gasteiger partial charge on any atom is 0.170 e. The molecule has 24 heavy (non-hydrogen) atoms. The van der Waals surface area contributed by atoms with E-state index >= 15 is 0 Å². The van der Waals surface area contributed by atoms with Crippen molar-refractivity contribution in [3.63, 3.8) is 0 Å². The second-order valence-corrected chi connectivity index (χ2v) is 7.36. The van der Waals surface area contributed by atoms with Gasteiger partial charge >= 0.3 is 0 Å². The van der Waals surface area contributed by atoms with Gasteiger partial charge in [0, 0.05) is 36.3 Å². The van der Waals surface area contributed by atoms with Crippen LogP contribution in [0.1, 0.15) is 17.5 Å². The van der Waals surface area contributed by atoms with E-state index in [2.05, 4.69) is 55.7 Å². The number of rotatable bonds is 5. The number of nitrogens with one attached hydrogen (secondary N) is 2. The highest BCUT2D eigenvalue weighted by atomic mass is 79.9. The van der Waals surface area contributed by atoms with E-state index in [1.165, 1.54) is 11.1 Å². The Morgan fingerprint density at radius 3 is 2.79 bits per heavy atom. The molecule has 0 radical (unpaired) electrons. The van der Waals surface area contributed by atoms with Crippen LogP contribution in [-0.4, -0.2) is 29.6 Å². The van der Waals surface area contributed by atoms with Crippen molar-refractivity contribution in [1.29, 1.82) is 0 Å². The molecule has 0 amide bonds. The third-order valence-corrected chi connectivity index (χ3v) is 4.97. The summed E-state index contributed by atoms with van der Waals surface area (Å²) in [6, 6.07) is 16.8. The third-order valence-electron chi connectivity index (χ3n) is 4.23. The summed E-state index contributed by atoms with van der Waals surface area (Å²) in [6.45, 7) is 4.20. The fourth-order valence-electron chi connectivity index (χ4n) is 2.99. The van der Waals surface area contributed by atoms with Gasteiger partial charge in [0.15, 0.2) is 5.11 Å². The van der Waals surface area contributed by atoms with Crippen LogP contribution in [0.15, 0.2) is 53.0 Å². The molecule has 3 rings (SSSR count). The Kier molecular flexibility index (Phi) is 6.24. The van der Waals surface area contributed by atoms with E-state index in [4.69, 9.17) is 12.2 Å². The maximum atomic E-state index is 5.35. The van der Waals surface area contributed by atoms with Gasteiger partial charge in [-0.2, -0.15) is 0 Å². The molecule has 1 aliphatic rings. The van der Waals surface area contributed by atoms with Gasteiger partial charge in [0.2, 0.25) is 0 Å². The van der Waals surface area contributed by atoms with Crippen LogP contribution < -0.4 is 10.6 Å². The maximum absolute atomic E-state index is 5.35. The predicted octanol–water partition coefficient (Wildman–Crippen LogP) is 4.18. The lowest BCUT2D eigenvalue weighted by atomic mass is 10.00. The van der Waals surface area contributed by atoms with E-state index in [9.17, 15) is 0 Å². The average Bonchev–Trinajstić information content (AvgIpc) is 2.58. The molecule has 0 atom stereocenters. The van der Waals surface area contributed by atoms with E-state index in [-0.39, 0.29) is 0 Å². The minimum atomic E-state index is 0.678. The number of halogens is 1. The first kappa shape index (κ1) is 17.4. The lowest BCUT2D eigenvalue weighted by Gasteiger charge is -2.28. The van der Waals surface area contributed by atoms with E-state index in [1.807, 2.05) is 24.3 Å². The van der Waals surface area contributed by atoms with Crippen molar-refractivity contribution < 1.29 is 0 Å². The zero-order valence-electron chi connectivity index (χ0n) is 13.6. The molecule has 0 bridgehead atoms. The highest BCUT2D eigenvalue weighted by Gasteiger charge is 2.14. The molecule has 0 aliphatic carbocycles. The molecule has 2 N–H and O–H groups in total. The first-order valence-corrected chi connectivity index (χ1v) is 9.50. The molecule has 0 fully saturated rings. The summed E-state index contributed by atoms with van der Waals surface area (Å²) in [5.74, 6) is 0. The van der Waals surface area contributed by atoms with Crippen molar-refractivity contribution in [3.05, 3.63) is 64.1 Å². The number of thiocarbonyl (C=S) groups is 1. The van der Waals surface area contributed by atoms with Gasteiger partial charge in [0.05, 0.1) is 0 Å². The molecule has 1 heterocycles. The number of benzene rings is 2. The highest BCUT2D eigenvalue weighted by Crippen LogP contribution is 2.18. The van der Waals surface area contributed by atoms with Gasteiger partial charge in [-0.25, -0.2) is 0 Å². The van der Waals surface area contributed by atoms with Crippen LogP contribution in [0.4, 0.5) is 5.69 Å². The van der Waals surface area contributed by atoms with Crippen LogP contribution >= 0.6 is 28.1 Å². The number of fused-ring (bicyclic) bond motifs is 1. The van der Waals surface area contributed by atoms with Gasteiger partial charge in [-0.15, -0.1) is 0 Å². The van der Waals surface area contributed by atoms with Gasteiger partial charge in [-0.3, -0.25) is 4.90 Å². The largest absolute Gasteiger partial charge is 0.362 e. The SMILES string of the molecule is S=C(NCCCN1CCc2ccccc2C1)Nc1cccc(Br)c1. The minimum Gasteiger partial charge on any atom is -0.362 e. The van der Waals surface area contributed by atoms with Crippen LogP contribution in [0.2, 0.25) is 0 Å². The fourth-order valence-corrected chi connectivity index (χ4v) is 3.61. The molecule has 0 spiro atoms. The molecule has 1 aliphatic heterocycles. The zero-order valence-corrected chi connectivity index (χ0v) is 16.0. The molecular weight excluding hydrogens is 382 g/mol. The summed E-state index contributed by atoms with van der Waals surface area (Å²) in [6.07, 6.45) is 2.24.